The Balaban J connectivity index is 1.41. The average molecular weight is 445 g/mol. The van der Waals surface area contributed by atoms with Crippen molar-refractivity contribution in [2.24, 2.45) is 0 Å². The van der Waals surface area contributed by atoms with Gasteiger partial charge in [-0.2, -0.15) is 0 Å². The first kappa shape index (κ1) is 21.7. The van der Waals surface area contributed by atoms with Crippen LogP contribution in [0, 0.1) is 0 Å². The van der Waals surface area contributed by atoms with Gasteiger partial charge < -0.3 is 14.4 Å². The standard InChI is InChI=1S/C22H28N4O4S/c1-16(20(27)26(22-23-9-14-31-22)18-5-3-2-4-6-18)30-21(28)17-7-8-19(24-15-17)25-10-12-29-13-11-25/h7-9,14-16,18H,2-6,10-13H2,1H3. The van der Waals surface area contributed by atoms with Gasteiger partial charge in [-0.25, -0.2) is 14.8 Å². The third-order valence-electron chi connectivity index (χ3n) is 5.75. The molecule has 4 rings (SSSR count). The van der Waals surface area contributed by atoms with Crippen LogP contribution < -0.4 is 9.80 Å². The zero-order valence-electron chi connectivity index (χ0n) is 17.7. The van der Waals surface area contributed by atoms with Crippen LogP contribution in [0.2, 0.25) is 0 Å². The molecule has 9 heteroatoms. The lowest BCUT2D eigenvalue weighted by atomic mass is 9.94. The fraction of sp³-hybridized carbons (Fsp3) is 0.545. The van der Waals surface area contributed by atoms with Crippen molar-refractivity contribution < 1.29 is 19.1 Å². The molecule has 2 aromatic heterocycles. The number of esters is 1. The first-order valence-electron chi connectivity index (χ1n) is 10.9. The minimum atomic E-state index is -0.905. The number of aromatic nitrogens is 2. The van der Waals surface area contributed by atoms with Gasteiger partial charge in [-0.15, -0.1) is 11.3 Å². The van der Waals surface area contributed by atoms with Gasteiger partial charge in [0.1, 0.15) is 5.82 Å². The summed E-state index contributed by atoms with van der Waals surface area (Å²) in [6.45, 7) is 4.51. The minimum Gasteiger partial charge on any atom is -0.449 e. The second-order valence-corrected chi connectivity index (χ2v) is 8.74. The van der Waals surface area contributed by atoms with Crippen molar-refractivity contribution in [2.45, 2.75) is 51.2 Å². The van der Waals surface area contributed by atoms with E-state index in [1.54, 1.807) is 30.2 Å². The van der Waals surface area contributed by atoms with Gasteiger partial charge in [0, 0.05) is 36.9 Å². The van der Waals surface area contributed by atoms with Crippen LogP contribution in [0.1, 0.15) is 49.4 Å². The van der Waals surface area contributed by atoms with E-state index in [0.717, 1.165) is 44.6 Å². The number of ether oxygens (including phenoxy) is 2. The maximum absolute atomic E-state index is 13.2. The first-order chi connectivity index (χ1) is 15.1. The number of anilines is 2. The van der Waals surface area contributed by atoms with E-state index in [1.807, 2.05) is 5.38 Å². The van der Waals surface area contributed by atoms with E-state index < -0.39 is 12.1 Å². The molecule has 2 aliphatic rings. The van der Waals surface area contributed by atoms with E-state index in [0.29, 0.717) is 23.9 Å². The summed E-state index contributed by atoms with van der Waals surface area (Å²) in [5.74, 6) is 0.0222. The normalized spacial score (nSPS) is 18.4. The number of morpholine rings is 1. The van der Waals surface area contributed by atoms with E-state index in [9.17, 15) is 9.59 Å². The van der Waals surface area contributed by atoms with Crippen molar-refractivity contribution in [1.82, 2.24) is 9.97 Å². The van der Waals surface area contributed by atoms with Gasteiger partial charge in [0.2, 0.25) is 0 Å². The van der Waals surface area contributed by atoms with Crippen LogP contribution in [0.25, 0.3) is 0 Å². The predicted octanol–water partition coefficient (Wildman–Crippen LogP) is 3.29. The van der Waals surface area contributed by atoms with Crippen molar-refractivity contribution in [3.8, 4) is 0 Å². The zero-order chi connectivity index (χ0) is 21.6. The Labute approximate surface area is 186 Å². The molecule has 2 aromatic rings. The lowest BCUT2D eigenvalue weighted by Gasteiger charge is -2.33. The number of pyridine rings is 1. The predicted molar refractivity (Wildman–Crippen MR) is 119 cm³/mol. The SMILES string of the molecule is CC(OC(=O)c1ccc(N2CCOCC2)nc1)C(=O)N(c1nccs1)C1CCCCC1. The quantitative estimate of drug-likeness (QED) is 0.632. The van der Waals surface area contributed by atoms with Crippen LogP contribution >= 0.6 is 11.3 Å². The monoisotopic (exact) mass is 444 g/mol. The molecule has 1 unspecified atom stereocenters. The van der Waals surface area contributed by atoms with Gasteiger partial charge in [0.05, 0.1) is 18.8 Å². The largest absolute Gasteiger partial charge is 0.449 e. The van der Waals surface area contributed by atoms with Crippen LogP contribution in [-0.4, -0.2) is 60.3 Å². The number of amides is 1. The van der Waals surface area contributed by atoms with Gasteiger partial charge in [-0.1, -0.05) is 19.3 Å². The van der Waals surface area contributed by atoms with Crippen molar-refractivity contribution in [3.63, 3.8) is 0 Å². The molecule has 0 aromatic carbocycles. The number of hydrogen-bond acceptors (Lipinski definition) is 8. The molecule has 0 spiro atoms. The van der Waals surface area contributed by atoms with Crippen molar-refractivity contribution >= 4 is 34.2 Å². The van der Waals surface area contributed by atoms with E-state index in [1.165, 1.54) is 24.0 Å². The first-order valence-corrected chi connectivity index (χ1v) is 11.7. The Hall–Kier alpha value is -2.52. The fourth-order valence-electron chi connectivity index (χ4n) is 4.07. The highest BCUT2D eigenvalue weighted by Crippen LogP contribution is 2.29. The summed E-state index contributed by atoms with van der Waals surface area (Å²) >= 11 is 1.43. The number of nitrogens with zero attached hydrogens (tertiary/aromatic N) is 4. The molecule has 0 radical (unpaired) electrons. The summed E-state index contributed by atoms with van der Waals surface area (Å²) in [6, 6.07) is 3.60. The fourth-order valence-corrected chi connectivity index (χ4v) is 4.78. The molecule has 3 heterocycles. The summed E-state index contributed by atoms with van der Waals surface area (Å²) in [7, 11) is 0. The molecule has 1 saturated carbocycles. The number of carbonyl (C=O) groups excluding carboxylic acids is 2. The molecule has 1 amide bonds. The summed E-state index contributed by atoms with van der Waals surface area (Å²) in [5, 5.41) is 2.52. The molecule has 2 fully saturated rings. The Bertz CT molecular complexity index is 862. The summed E-state index contributed by atoms with van der Waals surface area (Å²) in [5.41, 5.74) is 0.329. The van der Waals surface area contributed by atoms with Gasteiger partial charge >= 0.3 is 5.97 Å². The number of hydrogen-bond donors (Lipinski definition) is 0. The number of carbonyl (C=O) groups is 2. The highest BCUT2D eigenvalue weighted by Gasteiger charge is 2.33. The Kier molecular flexibility index (Phi) is 7.14. The second-order valence-electron chi connectivity index (χ2n) is 7.87. The van der Waals surface area contributed by atoms with E-state index in [-0.39, 0.29) is 11.9 Å². The smallest absolute Gasteiger partial charge is 0.340 e. The number of rotatable bonds is 6. The lowest BCUT2D eigenvalue weighted by Crippen LogP contribution is -2.47. The van der Waals surface area contributed by atoms with Gasteiger partial charge in [-0.3, -0.25) is 9.69 Å². The van der Waals surface area contributed by atoms with Gasteiger partial charge in [0.15, 0.2) is 11.2 Å². The maximum Gasteiger partial charge on any atom is 0.340 e. The highest BCUT2D eigenvalue weighted by atomic mass is 32.1. The molecule has 0 bridgehead atoms. The van der Waals surface area contributed by atoms with Crippen molar-refractivity contribution in [2.75, 3.05) is 36.1 Å². The summed E-state index contributed by atoms with van der Waals surface area (Å²) in [6.07, 6.45) is 7.56. The molecule has 1 saturated heterocycles. The van der Waals surface area contributed by atoms with Crippen molar-refractivity contribution in [1.29, 1.82) is 0 Å². The zero-order valence-corrected chi connectivity index (χ0v) is 18.6. The molecule has 8 nitrogen and oxygen atoms in total. The molecule has 1 aliphatic carbocycles. The molecular weight excluding hydrogens is 416 g/mol. The van der Waals surface area contributed by atoms with E-state index in [4.69, 9.17) is 9.47 Å². The third kappa shape index (κ3) is 5.22. The molecule has 1 atom stereocenters. The van der Waals surface area contributed by atoms with Crippen LogP contribution in [0.4, 0.5) is 10.9 Å². The van der Waals surface area contributed by atoms with Crippen LogP contribution in [-0.2, 0) is 14.3 Å². The summed E-state index contributed by atoms with van der Waals surface area (Å²) < 4.78 is 10.9. The van der Waals surface area contributed by atoms with Gasteiger partial charge in [-0.05, 0) is 31.9 Å². The Morgan fingerprint density at radius 3 is 2.61 bits per heavy atom. The van der Waals surface area contributed by atoms with Crippen LogP contribution in [0.3, 0.4) is 0 Å². The van der Waals surface area contributed by atoms with Crippen molar-refractivity contribution in [3.05, 3.63) is 35.5 Å². The minimum absolute atomic E-state index is 0.100. The third-order valence-corrected chi connectivity index (χ3v) is 6.52. The van der Waals surface area contributed by atoms with E-state index in [2.05, 4.69) is 14.9 Å². The van der Waals surface area contributed by atoms with E-state index >= 15 is 0 Å². The molecule has 166 valence electrons. The molecular formula is C22H28N4O4S. The van der Waals surface area contributed by atoms with Crippen LogP contribution in [0.5, 0.6) is 0 Å². The topological polar surface area (TPSA) is 84.9 Å². The maximum atomic E-state index is 13.2. The van der Waals surface area contributed by atoms with Crippen LogP contribution in [0.15, 0.2) is 29.9 Å². The average Bonchev–Trinajstić information content (AvgIpc) is 3.35. The Morgan fingerprint density at radius 2 is 1.97 bits per heavy atom. The Morgan fingerprint density at radius 1 is 1.19 bits per heavy atom. The molecule has 1 aliphatic heterocycles. The molecule has 31 heavy (non-hydrogen) atoms. The molecule has 0 N–H and O–H groups in total. The number of thiazole rings is 1. The lowest BCUT2D eigenvalue weighted by molar-refractivity contribution is -0.127. The highest BCUT2D eigenvalue weighted by molar-refractivity contribution is 7.13. The van der Waals surface area contributed by atoms with Gasteiger partial charge in [0.25, 0.3) is 5.91 Å². The second kappa shape index (κ2) is 10.2. The summed E-state index contributed by atoms with van der Waals surface area (Å²) in [4.78, 5) is 38.5.